The van der Waals surface area contributed by atoms with E-state index in [2.05, 4.69) is 42.1 Å². The minimum Gasteiger partial charge on any atom is -0.370 e. The van der Waals surface area contributed by atoms with Crippen molar-refractivity contribution in [1.82, 2.24) is 4.90 Å². The topological polar surface area (TPSA) is 41.6 Å². The molecule has 2 N–H and O–H groups in total. The normalized spacial score (nSPS) is 20.6. The van der Waals surface area contributed by atoms with Gasteiger partial charge in [0.15, 0.2) is 5.96 Å². The summed E-state index contributed by atoms with van der Waals surface area (Å²) in [6.07, 6.45) is 0. The zero-order valence-electron chi connectivity index (χ0n) is 10.1. The van der Waals surface area contributed by atoms with E-state index in [1.165, 1.54) is 10.4 Å². The number of hydrogen-bond donors (Lipinski definition) is 1. The molecule has 0 radical (unpaired) electrons. The second kappa shape index (κ2) is 4.45. The van der Waals surface area contributed by atoms with Crippen LogP contribution in [0.1, 0.15) is 30.3 Å². The molecule has 0 aliphatic carbocycles. The fraction of sp³-hybridized carbons (Fsp3) is 0.583. The monoisotopic (exact) mass is 237 g/mol. The van der Waals surface area contributed by atoms with Crippen LogP contribution in [0.5, 0.6) is 0 Å². The average molecular weight is 237 g/mol. The van der Waals surface area contributed by atoms with E-state index in [-0.39, 0.29) is 0 Å². The summed E-state index contributed by atoms with van der Waals surface area (Å²) in [6, 6.07) is 2.53. The summed E-state index contributed by atoms with van der Waals surface area (Å²) < 4.78 is 0. The third-order valence-corrected chi connectivity index (χ3v) is 3.98. The Kier molecular flexibility index (Phi) is 3.19. The fourth-order valence-corrected chi connectivity index (χ4v) is 3.13. The number of aliphatic imine (C=N–C) groups is 1. The number of nitrogens with two attached hydrogens (primary N) is 1. The van der Waals surface area contributed by atoms with E-state index in [4.69, 9.17) is 5.73 Å². The lowest BCUT2D eigenvalue weighted by Gasteiger charge is -2.27. The Hall–Kier alpha value is -1.03. The van der Waals surface area contributed by atoms with Crippen molar-refractivity contribution in [2.45, 2.75) is 26.8 Å². The van der Waals surface area contributed by atoms with Gasteiger partial charge in [0.1, 0.15) is 0 Å². The Morgan fingerprint density at radius 1 is 1.62 bits per heavy atom. The highest BCUT2D eigenvalue weighted by Crippen LogP contribution is 2.32. The van der Waals surface area contributed by atoms with Crippen LogP contribution >= 0.6 is 11.3 Å². The lowest BCUT2D eigenvalue weighted by molar-refractivity contribution is 0.312. The standard InChI is InChI=1S/C12H19N3S/c1-8(2)7-15-10(6-14-12(15)13)11-9(3)4-5-16-11/h4-5,8,10H,6-7H2,1-3H3,(H2,13,14). The second-order valence-corrected chi connectivity index (χ2v) is 5.68. The Morgan fingerprint density at radius 2 is 2.38 bits per heavy atom. The third-order valence-electron chi connectivity index (χ3n) is 2.86. The molecule has 0 bridgehead atoms. The van der Waals surface area contributed by atoms with Crippen LogP contribution in [0.15, 0.2) is 16.4 Å². The minimum atomic E-state index is 0.363. The molecule has 16 heavy (non-hydrogen) atoms. The summed E-state index contributed by atoms with van der Waals surface area (Å²) in [5.41, 5.74) is 7.31. The fourth-order valence-electron chi connectivity index (χ4n) is 2.09. The molecule has 0 saturated heterocycles. The van der Waals surface area contributed by atoms with Crippen molar-refractivity contribution >= 4 is 17.3 Å². The molecular weight excluding hydrogens is 218 g/mol. The maximum absolute atomic E-state index is 5.95. The molecule has 88 valence electrons. The van der Waals surface area contributed by atoms with Crippen LogP contribution in [-0.2, 0) is 0 Å². The molecule has 0 saturated carbocycles. The SMILES string of the molecule is Cc1ccsc1C1CN=C(N)N1CC(C)C. The van der Waals surface area contributed by atoms with Gasteiger partial charge in [-0.2, -0.15) is 0 Å². The van der Waals surface area contributed by atoms with Gasteiger partial charge in [-0.3, -0.25) is 4.99 Å². The van der Waals surface area contributed by atoms with Gasteiger partial charge >= 0.3 is 0 Å². The van der Waals surface area contributed by atoms with Gasteiger partial charge in [0.25, 0.3) is 0 Å². The molecule has 1 aromatic heterocycles. The summed E-state index contributed by atoms with van der Waals surface area (Å²) >= 11 is 1.81. The first-order chi connectivity index (χ1) is 7.59. The van der Waals surface area contributed by atoms with E-state index < -0.39 is 0 Å². The predicted octanol–water partition coefficient (Wildman–Crippen LogP) is 2.38. The zero-order valence-corrected chi connectivity index (χ0v) is 10.9. The summed E-state index contributed by atoms with van der Waals surface area (Å²) in [7, 11) is 0. The molecule has 1 unspecified atom stereocenters. The second-order valence-electron chi connectivity index (χ2n) is 4.73. The first-order valence-electron chi connectivity index (χ1n) is 5.70. The predicted molar refractivity (Wildman–Crippen MR) is 69.8 cm³/mol. The van der Waals surface area contributed by atoms with Crippen molar-refractivity contribution in [2.75, 3.05) is 13.1 Å². The van der Waals surface area contributed by atoms with Crippen LogP contribution in [0, 0.1) is 12.8 Å². The van der Waals surface area contributed by atoms with Gasteiger partial charge in [-0.15, -0.1) is 11.3 Å². The van der Waals surface area contributed by atoms with Gasteiger partial charge in [-0.1, -0.05) is 13.8 Å². The molecule has 2 rings (SSSR count). The molecule has 4 heteroatoms. The van der Waals surface area contributed by atoms with E-state index >= 15 is 0 Å². The molecule has 1 aliphatic heterocycles. The number of thiophene rings is 1. The lowest BCUT2D eigenvalue weighted by atomic mass is 10.1. The van der Waals surface area contributed by atoms with Crippen molar-refractivity contribution in [2.24, 2.45) is 16.6 Å². The molecule has 3 nitrogen and oxygen atoms in total. The zero-order chi connectivity index (χ0) is 11.7. The number of nitrogens with zero attached hydrogens (tertiary/aromatic N) is 2. The van der Waals surface area contributed by atoms with Crippen molar-refractivity contribution in [1.29, 1.82) is 0 Å². The molecule has 2 heterocycles. The first-order valence-corrected chi connectivity index (χ1v) is 6.58. The van der Waals surface area contributed by atoms with E-state index in [1.54, 1.807) is 0 Å². The number of rotatable bonds is 3. The molecule has 1 atom stereocenters. The van der Waals surface area contributed by atoms with Gasteiger partial charge in [-0.05, 0) is 29.9 Å². The molecule has 0 spiro atoms. The Labute approximate surface area is 101 Å². The van der Waals surface area contributed by atoms with E-state index in [9.17, 15) is 0 Å². The summed E-state index contributed by atoms with van der Waals surface area (Å²) in [4.78, 5) is 8.02. The summed E-state index contributed by atoms with van der Waals surface area (Å²) in [5, 5.41) is 2.15. The molecule has 0 fully saturated rings. The van der Waals surface area contributed by atoms with Crippen LogP contribution in [0.4, 0.5) is 0 Å². The number of guanidine groups is 1. The Balaban J connectivity index is 2.20. The van der Waals surface area contributed by atoms with Gasteiger partial charge in [0.05, 0.1) is 12.6 Å². The average Bonchev–Trinajstić information content (AvgIpc) is 2.75. The van der Waals surface area contributed by atoms with E-state index in [0.717, 1.165) is 13.1 Å². The van der Waals surface area contributed by atoms with Crippen LogP contribution in [0.3, 0.4) is 0 Å². The van der Waals surface area contributed by atoms with Gasteiger partial charge < -0.3 is 10.6 Å². The van der Waals surface area contributed by atoms with E-state index in [1.807, 2.05) is 11.3 Å². The highest BCUT2D eigenvalue weighted by Gasteiger charge is 2.29. The van der Waals surface area contributed by atoms with Crippen molar-refractivity contribution in [3.8, 4) is 0 Å². The highest BCUT2D eigenvalue weighted by molar-refractivity contribution is 7.10. The number of aryl methyl sites for hydroxylation is 1. The highest BCUT2D eigenvalue weighted by atomic mass is 32.1. The van der Waals surface area contributed by atoms with E-state index in [0.29, 0.717) is 17.9 Å². The van der Waals surface area contributed by atoms with Crippen molar-refractivity contribution < 1.29 is 0 Å². The summed E-state index contributed by atoms with van der Waals surface area (Å²) in [6.45, 7) is 8.37. The van der Waals surface area contributed by atoms with Gasteiger partial charge in [-0.25, -0.2) is 0 Å². The molecular formula is C12H19N3S. The Bertz CT molecular complexity index is 395. The molecule has 0 aromatic carbocycles. The minimum absolute atomic E-state index is 0.363. The van der Waals surface area contributed by atoms with Crippen LogP contribution < -0.4 is 5.73 Å². The molecule has 1 aliphatic rings. The van der Waals surface area contributed by atoms with Gasteiger partial charge in [0, 0.05) is 11.4 Å². The molecule has 1 aromatic rings. The lowest BCUT2D eigenvalue weighted by Crippen LogP contribution is -2.38. The third kappa shape index (κ3) is 2.07. The quantitative estimate of drug-likeness (QED) is 0.877. The van der Waals surface area contributed by atoms with Crippen LogP contribution in [0.25, 0.3) is 0 Å². The Morgan fingerprint density at radius 3 is 2.94 bits per heavy atom. The maximum Gasteiger partial charge on any atom is 0.191 e. The first kappa shape index (κ1) is 11.5. The largest absolute Gasteiger partial charge is 0.370 e. The van der Waals surface area contributed by atoms with Crippen LogP contribution in [-0.4, -0.2) is 23.9 Å². The maximum atomic E-state index is 5.95. The smallest absolute Gasteiger partial charge is 0.191 e. The summed E-state index contributed by atoms with van der Waals surface area (Å²) in [5.74, 6) is 1.31. The van der Waals surface area contributed by atoms with Gasteiger partial charge in [0.2, 0.25) is 0 Å². The number of hydrogen-bond acceptors (Lipinski definition) is 4. The van der Waals surface area contributed by atoms with Crippen molar-refractivity contribution in [3.05, 3.63) is 21.9 Å². The van der Waals surface area contributed by atoms with Crippen LogP contribution in [0.2, 0.25) is 0 Å². The molecule has 0 amide bonds. The van der Waals surface area contributed by atoms with Crippen molar-refractivity contribution in [3.63, 3.8) is 0 Å².